The summed E-state index contributed by atoms with van der Waals surface area (Å²) in [5.74, 6) is -1.33. The first kappa shape index (κ1) is 26.1. The normalized spacial score (nSPS) is 11.9. The van der Waals surface area contributed by atoms with Gasteiger partial charge in [0.1, 0.15) is 15.4 Å². The van der Waals surface area contributed by atoms with E-state index in [0.29, 0.717) is 29.1 Å². The van der Waals surface area contributed by atoms with Gasteiger partial charge in [0, 0.05) is 35.3 Å². The number of nitrogens with one attached hydrogen (secondary N) is 1. The van der Waals surface area contributed by atoms with Crippen molar-refractivity contribution < 1.29 is 22.8 Å². The summed E-state index contributed by atoms with van der Waals surface area (Å²) in [6.07, 6.45) is -1.56. The number of carbonyl (C=O) groups excluding carboxylic acids is 2. The number of nitrogens with zero attached hydrogens (tertiary/aromatic N) is 5. The van der Waals surface area contributed by atoms with Crippen molar-refractivity contribution in [3.05, 3.63) is 44.0 Å². The number of hydrogen-bond donors (Lipinski definition) is 2. The molecule has 0 saturated heterocycles. The summed E-state index contributed by atoms with van der Waals surface area (Å²) >= 11 is 2.84. The number of pyridine rings is 1. The number of amides is 2. The minimum Gasteiger partial charge on any atom is -0.365 e. The van der Waals surface area contributed by atoms with E-state index >= 15 is 0 Å². The summed E-state index contributed by atoms with van der Waals surface area (Å²) in [6, 6.07) is 0.911. The fraction of sp³-hybridized carbons (Fsp3) is 0.318. The standard InChI is InChI=1S/C22H21F3IN7O2S/c1-4-32-10(2)13(8-28-32)12-7-15(22(23,24)25)30-21-17(12)18(19(36-21)20(27)35)31-16(34)5-6-33-11(3)14(26)9-29-33/h7-9H,4-6H2,1-3H3,(H2,27,35)(H,31,34). The van der Waals surface area contributed by atoms with E-state index in [9.17, 15) is 22.8 Å². The van der Waals surface area contributed by atoms with E-state index in [1.54, 1.807) is 22.5 Å². The molecule has 4 aromatic heterocycles. The molecular formula is C22H21F3IN7O2S. The average molecular weight is 631 g/mol. The van der Waals surface area contributed by atoms with Crippen molar-refractivity contribution in [2.75, 3.05) is 5.32 Å². The summed E-state index contributed by atoms with van der Waals surface area (Å²) in [7, 11) is 0. The van der Waals surface area contributed by atoms with Crippen LogP contribution >= 0.6 is 33.9 Å². The number of thiophene rings is 1. The molecule has 4 rings (SSSR count). The van der Waals surface area contributed by atoms with Crippen molar-refractivity contribution in [1.82, 2.24) is 24.5 Å². The molecule has 36 heavy (non-hydrogen) atoms. The van der Waals surface area contributed by atoms with Gasteiger partial charge in [0.25, 0.3) is 5.91 Å². The highest BCUT2D eigenvalue weighted by molar-refractivity contribution is 14.1. The minimum absolute atomic E-state index is 0.0182. The molecule has 0 spiro atoms. The predicted octanol–water partition coefficient (Wildman–Crippen LogP) is 4.74. The Morgan fingerprint density at radius 3 is 2.39 bits per heavy atom. The van der Waals surface area contributed by atoms with Gasteiger partial charge in [-0.2, -0.15) is 23.4 Å². The van der Waals surface area contributed by atoms with Crippen LogP contribution in [0.25, 0.3) is 21.3 Å². The van der Waals surface area contributed by atoms with Crippen molar-refractivity contribution in [3.63, 3.8) is 0 Å². The van der Waals surface area contributed by atoms with E-state index in [4.69, 9.17) is 5.73 Å². The third-order valence-corrected chi connectivity index (χ3v) is 7.88. The Labute approximate surface area is 221 Å². The summed E-state index contributed by atoms with van der Waals surface area (Å²) in [6.45, 7) is 6.26. The molecule has 0 unspecified atom stereocenters. The Hall–Kier alpha value is -3.01. The Kier molecular flexibility index (Phi) is 7.10. The zero-order valence-corrected chi connectivity index (χ0v) is 22.4. The number of nitrogens with two attached hydrogens (primary N) is 1. The smallest absolute Gasteiger partial charge is 0.365 e. The Bertz CT molecular complexity index is 1490. The molecule has 0 radical (unpaired) electrons. The molecule has 4 heterocycles. The number of rotatable bonds is 7. The minimum atomic E-state index is -4.73. The number of primary amides is 1. The van der Waals surface area contributed by atoms with E-state index < -0.39 is 23.7 Å². The van der Waals surface area contributed by atoms with Gasteiger partial charge in [0.2, 0.25) is 5.91 Å². The lowest BCUT2D eigenvalue weighted by Gasteiger charge is -2.12. The van der Waals surface area contributed by atoms with Crippen molar-refractivity contribution >= 4 is 61.6 Å². The molecule has 14 heteroatoms. The number of fused-ring (bicyclic) bond motifs is 1. The summed E-state index contributed by atoms with van der Waals surface area (Å²) in [4.78, 5) is 28.7. The number of anilines is 1. The molecular weight excluding hydrogens is 610 g/mol. The highest BCUT2D eigenvalue weighted by Crippen LogP contribution is 2.44. The van der Waals surface area contributed by atoms with Crippen LogP contribution in [0.3, 0.4) is 0 Å². The Balaban J connectivity index is 1.84. The molecule has 9 nitrogen and oxygen atoms in total. The van der Waals surface area contributed by atoms with Crippen LogP contribution in [0.1, 0.15) is 40.1 Å². The van der Waals surface area contributed by atoms with E-state index in [0.717, 1.165) is 15.3 Å². The first-order valence-corrected chi connectivity index (χ1v) is 12.7. The molecule has 2 amide bonds. The first-order valence-electron chi connectivity index (χ1n) is 10.8. The second kappa shape index (κ2) is 9.80. The van der Waals surface area contributed by atoms with E-state index in [1.807, 2.05) is 13.8 Å². The third kappa shape index (κ3) is 4.83. The fourth-order valence-corrected chi connectivity index (χ4v) is 5.25. The largest absolute Gasteiger partial charge is 0.433 e. The second-order valence-corrected chi connectivity index (χ2v) is 10.1. The molecule has 0 bridgehead atoms. The summed E-state index contributed by atoms with van der Waals surface area (Å²) in [5, 5.41) is 11.4. The monoisotopic (exact) mass is 631 g/mol. The van der Waals surface area contributed by atoms with Crippen LogP contribution in [0.4, 0.5) is 18.9 Å². The summed E-state index contributed by atoms with van der Waals surface area (Å²) in [5.41, 5.74) is 6.59. The van der Waals surface area contributed by atoms with Crippen molar-refractivity contribution in [3.8, 4) is 11.1 Å². The van der Waals surface area contributed by atoms with Crippen LogP contribution in [0.15, 0.2) is 18.5 Å². The zero-order valence-electron chi connectivity index (χ0n) is 19.4. The van der Waals surface area contributed by atoms with Crippen molar-refractivity contribution in [2.45, 2.75) is 46.5 Å². The number of halogens is 4. The van der Waals surface area contributed by atoms with Crippen LogP contribution in [-0.2, 0) is 24.1 Å². The van der Waals surface area contributed by atoms with Crippen molar-refractivity contribution in [2.24, 2.45) is 5.73 Å². The van der Waals surface area contributed by atoms with Gasteiger partial charge in [-0.1, -0.05) is 0 Å². The fourth-order valence-electron chi connectivity index (χ4n) is 3.84. The van der Waals surface area contributed by atoms with Gasteiger partial charge in [0.05, 0.1) is 28.2 Å². The topological polar surface area (TPSA) is 121 Å². The second-order valence-electron chi connectivity index (χ2n) is 7.96. The Morgan fingerprint density at radius 2 is 1.83 bits per heavy atom. The molecule has 0 aliphatic carbocycles. The van der Waals surface area contributed by atoms with Crippen LogP contribution in [0, 0.1) is 17.4 Å². The number of carbonyl (C=O) groups is 2. The van der Waals surface area contributed by atoms with Gasteiger partial charge in [-0.15, -0.1) is 11.3 Å². The van der Waals surface area contributed by atoms with Gasteiger partial charge >= 0.3 is 6.18 Å². The van der Waals surface area contributed by atoms with Gasteiger partial charge < -0.3 is 11.1 Å². The third-order valence-electron chi connectivity index (χ3n) is 5.73. The molecule has 0 atom stereocenters. The summed E-state index contributed by atoms with van der Waals surface area (Å²) < 4.78 is 45.4. The number of aryl methyl sites for hydroxylation is 2. The van der Waals surface area contributed by atoms with Gasteiger partial charge in [-0.25, -0.2) is 4.98 Å². The highest BCUT2D eigenvalue weighted by Gasteiger charge is 2.35. The van der Waals surface area contributed by atoms with Crippen LogP contribution < -0.4 is 11.1 Å². The lowest BCUT2D eigenvalue weighted by molar-refractivity contribution is -0.140. The van der Waals surface area contributed by atoms with Gasteiger partial charge in [0.15, 0.2) is 0 Å². The van der Waals surface area contributed by atoms with E-state index in [2.05, 4.69) is 43.1 Å². The number of alkyl halides is 3. The molecule has 190 valence electrons. The lowest BCUT2D eigenvalue weighted by atomic mass is 10.0. The van der Waals surface area contributed by atoms with Crippen LogP contribution in [-0.4, -0.2) is 36.4 Å². The maximum absolute atomic E-state index is 13.7. The maximum atomic E-state index is 13.7. The lowest BCUT2D eigenvalue weighted by Crippen LogP contribution is -2.18. The maximum Gasteiger partial charge on any atom is 0.433 e. The highest BCUT2D eigenvalue weighted by atomic mass is 127. The van der Waals surface area contributed by atoms with Gasteiger partial charge in [-0.05, 0) is 55.0 Å². The van der Waals surface area contributed by atoms with Crippen molar-refractivity contribution in [1.29, 1.82) is 0 Å². The van der Waals surface area contributed by atoms with Gasteiger partial charge in [-0.3, -0.25) is 19.0 Å². The molecule has 4 aromatic rings. The SMILES string of the molecule is CCn1ncc(-c2cc(C(F)(F)F)nc3sc(C(N)=O)c(NC(=O)CCn4ncc(I)c4C)c23)c1C. The molecule has 0 aliphatic rings. The molecule has 0 saturated carbocycles. The van der Waals surface area contributed by atoms with E-state index in [-0.39, 0.29) is 39.3 Å². The van der Waals surface area contributed by atoms with E-state index in [1.165, 1.54) is 6.20 Å². The molecule has 0 fully saturated rings. The van der Waals surface area contributed by atoms with Crippen LogP contribution in [0.2, 0.25) is 0 Å². The Morgan fingerprint density at radius 1 is 1.14 bits per heavy atom. The first-order chi connectivity index (χ1) is 16.9. The number of aromatic nitrogens is 5. The molecule has 0 aliphatic heterocycles. The quantitative estimate of drug-likeness (QED) is 0.286. The molecule has 3 N–H and O–H groups in total. The number of hydrogen-bond acceptors (Lipinski definition) is 6. The average Bonchev–Trinajstić information content (AvgIpc) is 3.47. The zero-order chi connectivity index (χ0) is 26.4. The van der Waals surface area contributed by atoms with Crippen LogP contribution in [0.5, 0.6) is 0 Å². The molecule has 0 aromatic carbocycles. The predicted molar refractivity (Wildman–Crippen MR) is 138 cm³/mol.